The fourth-order valence-electron chi connectivity index (χ4n) is 3.01. The van der Waals surface area contributed by atoms with Gasteiger partial charge in [0.05, 0.1) is 12.1 Å². The summed E-state index contributed by atoms with van der Waals surface area (Å²) in [7, 11) is 0. The minimum atomic E-state index is -1.25. The molecule has 25 heavy (non-hydrogen) atoms. The van der Waals surface area contributed by atoms with Gasteiger partial charge in [-0.15, -0.1) is 0 Å². The summed E-state index contributed by atoms with van der Waals surface area (Å²) in [5.41, 5.74) is 6.47. The molecule has 3 rings (SSSR count). The van der Waals surface area contributed by atoms with Crippen LogP contribution in [0.1, 0.15) is 10.4 Å². The second kappa shape index (κ2) is 6.31. The number of anilines is 1. The van der Waals surface area contributed by atoms with Crippen LogP contribution < -0.4 is 5.73 Å². The monoisotopic (exact) mass is 343 g/mol. The summed E-state index contributed by atoms with van der Waals surface area (Å²) in [4.78, 5) is 37.6. The number of fused-ring (bicyclic) bond motifs is 1. The fourth-order valence-corrected chi connectivity index (χ4v) is 3.01. The number of carbonyl (C=O) groups excluding carboxylic acids is 1. The van der Waals surface area contributed by atoms with E-state index in [0.717, 1.165) is 15.7 Å². The predicted octanol–water partition coefficient (Wildman–Crippen LogP) is 1.31. The lowest BCUT2D eigenvalue weighted by atomic mass is 10.0. The van der Waals surface area contributed by atoms with Crippen LogP contribution in [0.5, 0.6) is 0 Å². The molecule has 8 heteroatoms. The molecule has 0 radical (unpaired) electrons. The molecule has 0 unspecified atom stereocenters. The second-order valence-corrected chi connectivity index (χ2v) is 5.87. The second-order valence-electron chi connectivity index (χ2n) is 5.87. The van der Waals surface area contributed by atoms with Crippen LogP contribution in [-0.2, 0) is 4.79 Å². The molecule has 130 valence electrons. The van der Waals surface area contributed by atoms with Gasteiger partial charge < -0.3 is 25.7 Å². The van der Waals surface area contributed by atoms with Crippen molar-refractivity contribution >= 4 is 34.4 Å². The van der Waals surface area contributed by atoms with Gasteiger partial charge in [-0.3, -0.25) is 4.79 Å². The van der Waals surface area contributed by atoms with E-state index in [9.17, 15) is 19.5 Å². The number of carbonyl (C=O) groups is 3. The number of hydrogen-bond acceptors (Lipinski definition) is 4. The third kappa shape index (κ3) is 3.06. The van der Waals surface area contributed by atoms with E-state index in [1.165, 1.54) is 4.90 Å². The predicted molar refractivity (Wildman–Crippen MR) is 90.4 cm³/mol. The van der Waals surface area contributed by atoms with Crippen molar-refractivity contribution in [2.24, 2.45) is 0 Å². The summed E-state index contributed by atoms with van der Waals surface area (Å²) in [5.74, 6) is -1.76. The van der Waals surface area contributed by atoms with Crippen molar-refractivity contribution < 1.29 is 24.6 Å². The number of carboxylic acid groups (broad SMARTS) is 2. The van der Waals surface area contributed by atoms with Crippen molar-refractivity contribution in [2.75, 3.05) is 25.4 Å². The molecule has 1 heterocycles. The SMILES string of the molecule is Nc1cc2ccccc2cc1C(=O)N1CCN(C(=O)O)C[C@H]1C(=O)O. The van der Waals surface area contributed by atoms with Crippen LogP contribution in [0, 0.1) is 0 Å². The Morgan fingerprint density at radius 3 is 2.28 bits per heavy atom. The summed E-state index contributed by atoms with van der Waals surface area (Å²) in [6.45, 7) is -0.226. The molecule has 1 saturated heterocycles. The van der Waals surface area contributed by atoms with Gasteiger partial charge in [0.1, 0.15) is 6.04 Å². The molecular formula is C17H17N3O5. The highest BCUT2D eigenvalue weighted by Crippen LogP contribution is 2.24. The zero-order valence-corrected chi connectivity index (χ0v) is 13.3. The number of nitrogens with two attached hydrogens (primary N) is 1. The highest BCUT2D eigenvalue weighted by molar-refractivity contribution is 6.05. The number of piperazine rings is 1. The van der Waals surface area contributed by atoms with Gasteiger partial charge in [0.15, 0.2) is 0 Å². The van der Waals surface area contributed by atoms with E-state index in [2.05, 4.69) is 0 Å². The summed E-state index contributed by atoms with van der Waals surface area (Å²) < 4.78 is 0. The zero-order chi connectivity index (χ0) is 18.1. The standard InChI is InChI=1S/C17H17N3O5/c18-13-8-11-4-2-1-3-10(11)7-12(13)15(21)20-6-5-19(17(24)25)9-14(20)16(22)23/h1-4,7-8,14H,5-6,9,18H2,(H,22,23)(H,24,25)/t14-/m0/s1. The summed E-state index contributed by atoms with van der Waals surface area (Å²) in [6.07, 6.45) is -1.21. The van der Waals surface area contributed by atoms with Crippen molar-refractivity contribution in [2.45, 2.75) is 6.04 Å². The van der Waals surface area contributed by atoms with Gasteiger partial charge in [0.2, 0.25) is 0 Å². The lowest BCUT2D eigenvalue weighted by molar-refractivity contribution is -0.144. The van der Waals surface area contributed by atoms with E-state index in [1.807, 2.05) is 24.3 Å². The van der Waals surface area contributed by atoms with Gasteiger partial charge in [-0.1, -0.05) is 24.3 Å². The van der Waals surface area contributed by atoms with E-state index in [-0.39, 0.29) is 30.9 Å². The molecule has 1 aliphatic rings. The van der Waals surface area contributed by atoms with Crippen LogP contribution in [0.3, 0.4) is 0 Å². The normalized spacial score (nSPS) is 17.5. The Morgan fingerprint density at radius 2 is 1.68 bits per heavy atom. The van der Waals surface area contributed by atoms with Crippen LogP contribution in [-0.4, -0.2) is 63.7 Å². The Bertz CT molecular complexity index is 866. The molecule has 1 aliphatic heterocycles. The van der Waals surface area contributed by atoms with Crippen LogP contribution in [0.4, 0.5) is 10.5 Å². The Labute approximate surface area is 143 Å². The van der Waals surface area contributed by atoms with Crippen molar-refractivity contribution in [3.05, 3.63) is 42.0 Å². The van der Waals surface area contributed by atoms with Crippen molar-refractivity contribution in [1.29, 1.82) is 0 Å². The molecule has 8 nitrogen and oxygen atoms in total. The molecule has 1 atom stereocenters. The van der Waals surface area contributed by atoms with Crippen molar-refractivity contribution in [1.82, 2.24) is 9.80 Å². The van der Waals surface area contributed by atoms with E-state index < -0.39 is 24.0 Å². The van der Waals surface area contributed by atoms with E-state index >= 15 is 0 Å². The van der Waals surface area contributed by atoms with E-state index in [0.29, 0.717) is 0 Å². The minimum Gasteiger partial charge on any atom is -0.480 e. The fraction of sp³-hybridized carbons (Fsp3) is 0.235. The number of benzene rings is 2. The topological polar surface area (TPSA) is 124 Å². The van der Waals surface area contributed by atoms with Crippen LogP contribution in [0.25, 0.3) is 10.8 Å². The van der Waals surface area contributed by atoms with Crippen LogP contribution in [0.2, 0.25) is 0 Å². The number of hydrogen-bond donors (Lipinski definition) is 3. The smallest absolute Gasteiger partial charge is 0.407 e. The van der Waals surface area contributed by atoms with Crippen LogP contribution in [0.15, 0.2) is 36.4 Å². The third-order valence-electron chi connectivity index (χ3n) is 4.35. The number of rotatable bonds is 2. The van der Waals surface area contributed by atoms with Crippen molar-refractivity contribution in [3.63, 3.8) is 0 Å². The minimum absolute atomic E-state index is 0.00559. The van der Waals surface area contributed by atoms with Gasteiger partial charge in [-0.05, 0) is 22.9 Å². The maximum atomic E-state index is 12.9. The number of nitrogen functional groups attached to an aromatic ring is 1. The number of carboxylic acids is 1. The average molecular weight is 343 g/mol. The molecule has 4 N–H and O–H groups in total. The molecule has 0 aliphatic carbocycles. The lowest BCUT2D eigenvalue weighted by Gasteiger charge is -2.38. The van der Waals surface area contributed by atoms with Crippen molar-refractivity contribution in [3.8, 4) is 0 Å². The average Bonchev–Trinajstić information content (AvgIpc) is 2.59. The Hall–Kier alpha value is -3.29. The molecule has 2 amide bonds. The molecule has 2 aromatic carbocycles. The first-order valence-corrected chi connectivity index (χ1v) is 7.68. The molecular weight excluding hydrogens is 326 g/mol. The maximum Gasteiger partial charge on any atom is 0.407 e. The highest BCUT2D eigenvalue weighted by Gasteiger charge is 2.37. The van der Waals surface area contributed by atoms with E-state index in [4.69, 9.17) is 10.8 Å². The molecule has 1 fully saturated rings. The lowest BCUT2D eigenvalue weighted by Crippen LogP contribution is -2.59. The highest BCUT2D eigenvalue weighted by atomic mass is 16.4. The van der Waals surface area contributed by atoms with Gasteiger partial charge in [0.25, 0.3) is 5.91 Å². The van der Waals surface area contributed by atoms with E-state index in [1.54, 1.807) is 12.1 Å². The Balaban J connectivity index is 1.95. The number of nitrogens with zero attached hydrogens (tertiary/aromatic N) is 2. The molecule has 2 aromatic rings. The van der Waals surface area contributed by atoms with Gasteiger partial charge in [-0.25, -0.2) is 9.59 Å². The summed E-state index contributed by atoms with van der Waals surface area (Å²) in [5, 5.41) is 20.1. The zero-order valence-electron chi connectivity index (χ0n) is 13.3. The van der Waals surface area contributed by atoms with Gasteiger partial charge in [-0.2, -0.15) is 0 Å². The maximum absolute atomic E-state index is 12.9. The Kier molecular flexibility index (Phi) is 4.18. The van der Waals surface area contributed by atoms with Gasteiger partial charge in [0, 0.05) is 18.8 Å². The van der Waals surface area contributed by atoms with Crippen LogP contribution >= 0.6 is 0 Å². The largest absolute Gasteiger partial charge is 0.480 e. The third-order valence-corrected chi connectivity index (χ3v) is 4.35. The summed E-state index contributed by atoms with van der Waals surface area (Å²) >= 11 is 0. The molecule has 0 aromatic heterocycles. The number of aliphatic carboxylic acids is 1. The molecule has 0 saturated carbocycles. The first-order valence-electron chi connectivity index (χ1n) is 7.68. The quantitative estimate of drug-likeness (QED) is 0.706. The van der Waals surface area contributed by atoms with Gasteiger partial charge >= 0.3 is 12.1 Å². The number of amides is 2. The summed E-state index contributed by atoms with van der Waals surface area (Å²) in [6, 6.07) is 9.45. The first kappa shape index (κ1) is 16.6. The Morgan fingerprint density at radius 1 is 1.04 bits per heavy atom. The first-order chi connectivity index (χ1) is 11.9. The molecule has 0 bridgehead atoms. The molecule has 0 spiro atoms.